The average molecular weight is 415 g/mol. The number of amides is 2. The van der Waals surface area contributed by atoms with Gasteiger partial charge in [-0.15, -0.1) is 10.2 Å². The SMILES string of the molecule is O=C1C2C3C=CC(C3)C2C(=O)N1CCNc1nnc(Cc2ccc(Cl)cc2)s1. The smallest absolute Gasteiger partial charge is 0.233 e. The molecule has 2 aromatic rings. The first-order chi connectivity index (χ1) is 13.6. The summed E-state index contributed by atoms with van der Waals surface area (Å²) >= 11 is 7.39. The van der Waals surface area contributed by atoms with E-state index in [9.17, 15) is 9.59 Å². The van der Waals surface area contributed by atoms with Gasteiger partial charge in [0.2, 0.25) is 16.9 Å². The number of anilines is 1. The number of benzene rings is 1. The van der Waals surface area contributed by atoms with Crippen molar-refractivity contribution >= 4 is 39.9 Å². The molecular weight excluding hydrogens is 396 g/mol. The molecule has 2 fully saturated rings. The lowest BCUT2D eigenvalue weighted by atomic mass is 9.85. The summed E-state index contributed by atoms with van der Waals surface area (Å²) in [6.45, 7) is 0.853. The van der Waals surface area contributed by atoms with Gasteiger partial charge in [-0.2, -0.15) is 0 Å². The van der Waals surface area contributed by atoms with Gasteiger partial charge in [-0.25, -0.2) is 0 Å². The minimum Gasteiger partial charge on any atom is -0.358 e. The van der Waals surface area contributed by atoms with Crippen molar-refractivity contribution in [3.05, 3.63) is 52.0 Å². The molecule has 1 aliphatic heterocycles. The lowest BCUT2D eigenvalue weighted by Crippen LogP contribution is -2.36. The molecule has 1 N–H and O–H groups in total. The molecule has 1 saturated heterocycles. The monoisotopic (exact) mass is 414 g/mol. The highest BCUT2D eigenvalue weighted by Gasteiger charge is 2.58. The van der Waals surface area contributed by atoms with Gasteiger partial charge in [0.05, 0.1) is 11.8 Å². The highest BCUT2D eigenvalue weighted by molar-refractivity contribution is 7.15. The third kappa shape index (κ3) is 3.02. The quantitative estimate of drug-likeness (QED) is 0.581. The van der Waals surface area contributed by atoms with E-state index in [4.69, 9.17) is 11.6 Å². The van der Waals surface area contributed by atoms with Gasteiger partial charge in [0.1, 0.15) is 5.01 Å². The Morgan fingerprint density at radius 1 is 1.07 bits per heavy atom. The van der Waals surface area contributed by atoms with E-state index in [1.54, 1.807) is 0 Å². The average Bonchev–Trinajstić information content (AvgIpc) is 3.45. The van der Waals surface area contributed by atoms with E-state index in [1.807, 2.05) is 24.3 Å². The Hall–Kier alpha value is -2.25. The van der Waals surface area contributed by atoms with Crippen molar-refractivity contribution in [1.29, 1.82) is 0 Å². The van der Waals surface area contributed by atoms with E-state index < -0.39 is 0 Å². The molecule has 6 nitrogen and oxygen atoms in total. The Balaban J connectivity index is 1.16. The molecule has 4 atom stereocenters. The second kappa shape index (κ2) is 6.97. The Kier molecular flexibility index (Phi) is 4.44. The van der Waals surface area contributed by atoms with Crippen LogP contribution < -0.4 is 5.32 Å². The van der Waals surface area contributed by atoms with Crippen LogP contribution in [0.5, 0.6) is 0 Å². The molecule has 4 unspecified atom stereocenters. The molecule has 2 amide bonds. The first-order valence-corrected chi connectivity index (χ1v) is 10.6. The molecule has 2 aliphatic carbocycles. The fourth-order valence-electron chi connectivity index (χ4n) is 4.63. The van der Waals surface area contributed by atoms with Crippen LogP contribution in [-0.2, 0) is 16.0 Å². The predicted octanol–water partition coefficient (Wildman–Crippen LogP) is 3.00. The number of aromatic nitrogens is 2. The fraction of sp³-hybridized carbons (Fsp3) is 0.400. The van der Waals surface area contributed by atoms with Crippen molar-refractivity contribution in [3.63, 3.8) is 0 Å². The minimum atomic E-state index is -0.130. The molecule has 1 saturated carbocycles. The maximum absolute atomic E-state index is 12.7. The van der Waals surface area contributed by atoms with Crippen molar-refractivity contribution in [2.45, 2.75) is 12.8 Å². The zero-order chi connectivity index (χ0) is 19.3. The van der Waals surface area contributed by atoms with Crippen LogP contribution in [0.4, 0.5) is 5.13 Å². The van der Waals surface area contributed by atoms with Crippen LogP contribution in [0.25, 0.3) is 0 Å². The largest absolute Gasteiger partial charge is 0.358 e. The lowest BCUT2D eigenvalue weighted by Gasteiger charge is -2.17. The van der Waals surface area contributed by atoms with Crippen molar-refractivity contribution in [2.75, 3.05) is 18.4 Å². The number of fused-ring (bicyclic) bond motifs is 5. The first kappa shape index (κ1) is 17.8. The molecule has 144 valence electrons. The molecule has 0 radical (unpaired) electrons. The van der Waals surface area contributed by atoms with Crippen LogP contribution >= 0.6 is 22.9 Å². The molecule has 0 spiro atoms. The van der Waals surface area contributed by atoms with Crippen LogP contribution in [0.2, 0.25) is 5.02 Å². The molecule has 2 bridgehead atoms. The summed E-state index contributed by atoms with van der Waals surface area (Å²) < 4.78 is 0. The number of carbonyl (C=O) groups is 2. The molecule has 5 rings (SSSR count). The number of likely N-dealkylation sites (tertiary alicyclic amines) is 1. The molecular formula is C20H19ClN4O2S. The van der Waals surface area contributed by atoms with Crippen molar-refractivity contribution in [2.24, 2.45) is 23.7 Å². The number of nitrogens with zero attached hydrogens (tertiary/aromatic N) is 3. The maximum Gasteiger partial charge on any atom is 0.233 e. The van der Waals surface area contributed by atoms with Crippen molar-refractivity contribution in [3.8, 4) is 0 Å². The third-order valence-corrected chi connectivity index (χ3v) is 7.04. The Labute approximate surface area is 171 Å². The number of imide groups is 1. The van der Waals surface area contributed by atoms with Crippen LogP contribution in [0.3, 0.4) is 0 Å². The second-order valence-electron chi connectivity index (χ2n) is 7.56. The molecule has 1 aromatic carbocycles. The summed E-state index contributed by atoms with van der Waals surface area (Å²) in [4.78, 5) is 26.8. The highest BCUT2D eigenvalue weighted by Crippen LogP contribution is 2.52. The van der Waals surface area contributed by atoms with E-state index >= 15 is 0 Å². The van der Waals surface area contributed by atoms with E-state index in [-0.39, 0.29) is 35.5 Å². The standard InChI is InChI=1S/C20H19ClN4O2S/c21-14-5-1-11(2-6-14)9-15-23-24-20(28-15)22-7-8-25-18(26)16-12-3-4-13(10-12)17(16)19(25)27/h1-6,12-13,16-17H,7-10H2,(H,22,24). The van der Waals surface area contributed by atoms with Gasteiger partial charge in [-0.05, 0) is 36.0 Å². The summed E-state index contributed by atoms with van der Waals surface area (Å²) in [5, 5.41) is 13.9. The molecule has 28 heavy (non-hydrogen) atoms. The van der Waals surface area contributed by atoms with E-state index in [2.05, 4.69) is 27.7 Å². The van der Waals surface area contributed by atoms with Crippen molar-refractivity contribution in [1.82, 2.24) is 15.1 Å². The van der Waals surface area contributed by atoms with Crippen LogP contribution in [0.1, 0.15) is 17.0 Å². The van der Waals surface area contributed by atoms with E-state index in [1.165, 1.54) is 16.2 Å². The summed E-state index contributed by atoms with van der Waals surface area (Å²) in [7, 11) is 0. The Bertz CT molecular complexity index is 927. The number of hydrogen-bond acceptors (Lipinski definition) is 6. The van der Waals surface area contributed by atoms with Gasteiger partial charge in [-0.3, -0.25) is 14.5 Å². The highest BCUT2D eigenvalue weighted by atomic mass is 35.5. The van der Waals surface area contributed by atoms with Gasteiger partial charge in [0.15, 0.2) is 0 Å². The zero-order valence-electron chi connectivity index (χ0n) is 15.0. The number of allylic oxidation sites excluding steroid dienone is 2. The van der Waals surface area contributed by atoms with Gasteiger partial charge >= 0.3 is 0 Å². The fourth-order valence-corrected chi connectivity index (χ4v) is 5.56. The van der Waals surface area contributed by atoms with Gasteiger partial charge in [-0.1, -0.05) is 47.2 Å². The van der Waals surface area contributed by atoms with E-state index in [0.717, 1.165) is 17.0 Å². The maximum atomic E-state index is 12.7. The normalized spacial score (nSPS) is 27.7. The number of carbonyl (C=O) groups excluding carboxylic acids is 2. The summed E-state index contributed by atoms with van der Waals surface area (Å²) in [6.07, 6.45) is 5.88. The zero-order valence-corrected chi connectivity index (χ0v) is 16.6. The number of rotatable bonds is 6. The van der Waals surface area contributed by atoms with Gasteiger partial charge in [0, 0.05) is 24.5 Å². The Morgan fingerprint density at radius 2 is 1.75 bits per heavy atom. The Morgan fingerprint density at radius 3 is 2.43 bits per heavy atom. The van der Waals surface area contributed by atoms with Crippen LogP contribution in [0, 0.1) is 23.7 Å². The number of hydrogen-bond donors (Lipinski definition) is 1. The number of halogens is 1. The first-order valence-electron chi connectivity index (χ1n) is 9.44. The van der Waals surface area contributed by atoms with Crippen molar-refractivity contribution < 1.29 is 9.59 Å². The third-order valence-electron chi connectivity index (χ3n) is 5.91. The summed E-state index contributed by atoms with van der Waals surface area (Å²) in [5.74, 6) is 0.236. The van der Waals surface area contributed by atoms with Crippen LogP contribution in [-0.4, -0.2) is 40.0 Å². The van der Waals surface area contributed by atoms with E-state index in [0.29, 0.717) is 29.7 Å². The summed E-state index contributed by atoms with van der Waals surface area (Å²) in [6, 6.07) is 7.66. The second-order valence-corrected chi connectivity index (χ2v) is 9.06. The minimum absolute atomic E-state index is 0.00524. The predicted molar refractivity (Wildman–Crippen MR) is 107 cm³/mol. The molecule has 1 aromatic heterocycles. The topological polar surface area (TPSA) is 75.2 Å². The number of nitrogens with one attached hydrogen (secondary N) is 1. The summed E-state index contributed by atoms with van der Waals surface area (Å²) in [5.41, 5.74) is 1.12. The molecule has 8 heteroatoms. The molecule has 2 heterocycles. The lowest BCUT2D eigenvalue weighted by molar-refractivity contribution is -0.140. The van der Waals surface area contributed by atoms with Gasteiger partial charge < -0.3 is 5.32 Å². The molecule has 3 aliphatic rings. The van der Waals surface area contributed by atoms with Gasteiger partial charge in [0.25, 0.3) is 0 Å². The van der Waals surface area contributed by atoms with Crippen LogP contribution in [0.15, 0.2) is 36.4 Å².